The average Bonchev–Trinajstić information content (AvgIpc) is 3.03. The summed E-state index contributed by atoms with van der Waals surface area (Å²) in [5.41, 5.74) is 2.17. The van der Waals surface area contributed by atoms with Crippen molar-refractivity contribution in [3.05, 3.63) is 49.1 Å². The molecule has 3 rings (SSSR count). The lowest BCUT2D eigenvalue weighted by Crippen LogP contribution is -2.22. The summed E-state index contributed by atoms with van der Waals surface area (Å²) >= 11 is 10.6. The van der Waals surface area contributed by atoms with Crippen molar-refractivity contribution in [3.63, 3.8) is 0 Å². The van der Waals surface area contributed by atoms with Gasteiger partial charge < -0.3 is 10.1 Å². The SMILES string of the molecule is O=C(NCc1cc(Br)cc2c1OCC2)c1ccc(Cl)s1. The number of carbonyl (C=O) groups is 1. The Hall–Kier alpha value is -1.04. The molecule has 0 bridgehead atoms. The number of fused-ring (bicyclic) bond motifs is 1. The van der Waals surface area contributed by atoms with Gasteiger partial charge in [0.05, 0.1) is 15.8 Å². The van der Waals surface area contributed by atoms with Gasteiger partial charge >= 0.3 is 0 Å². The van der Waals surface area contributed by atoms with E-state index in [4.69, 9.17) is 16.3 Å². The summed E-state index contributed by atoms with van der Waals surface area (Å²) in [6, 6.07) is 7.49. The first kappa shape index (κ1) is 13.9. The highest BCUT2D eigenvalue weighted by atomic mass is 79.9. The van der Waals surface area contributed by atoms with E-state index < -0.39 is 0 Å². The van der Waals surface area contributed by atoms with Gasteiger partial charge in [-0.3, -0.25) is 4.79 Å². The molecule has 0 saturated carbocycles. The van der Waals surface area contributed by atoms with Crippen molar-refractivity contribution in [2.75, 3.05) is 6.61 Å². The third-order valence-corrected chi connectivity index (χ3v) is 4.75. The predicted octanol–water partition coefficient (Wildman–Crippen LogP) is 4.03. The van der Waals surface area contributed by atoms with Gasteiger partial charge in [0.15, 0.2) is 0 Å². The molecule has 0 aliphatic carbocycles. The van der Waals surface area contributed by atoms with Gasteiger partial charge in [-0.15, -0.1) is 11.3 Å². The Balaban J connectivity index is 1.74. The molecule has 3 nitrogen and oxygen atoms in total. The van der Waals surface area contributed by atoms with E-state index in [0.717, 1.165) is 22.2 Å². The second-order valence-corrected chi connectivity index (χ2v) is 7.07. The van der Waals surface area contributed by atoms with E-state index in [0.29, 0.717) is 22.4 Å². The lowest BCUT2D eigenvalue weighted by atomic mass is 10.1. The molecule has 20 heavy (non-hydrogen) atoms. The van der Waals surface area contributed by atoms with Crippen molar-refractivity contribution in [1.82, 2.24) is 5.32 Å². The Bertz CT molecular complexity index is 671. The molecule has 0 fully saturated rings. The molecule has 0 radical (unpaired) electrons. The van der Waals surface area contributed by atoms with E-state index in [1.165, 1.54) is 16.9 Å². The number of nitrogens with one attached hydrogen (secondary N) is 1. The van der Waals surface area contributed by atoms with Crippen LogP contribution < -0.4 is 10.1 Å². The van der Waals surface area contributed by atoms with Gasteiger partial charge in [0.25, 0.3) is 5.91 Å². The van der Waals surface area contributed by atoms with E-state index in [2.05, 4.69) is 27.3 Å². The Morgan fingerprint density at radius 2 is 2.30 bits per heavy atom. The van der Waals surface area contributed by atoms with E-state index >= 15 is 0 Å². The summed E-state index contributed by atoms with van der Waals surface area (Å²) in [6.07, 6.45) is 0.913. The third-order valence-electron chi connectivity index (χ3n) is 3.06. The van der Waals surface area contributed by atoms with Crippen LogP contribution in [0.1, 0.15) is 20.8 Å². The van der Waals surface area contributed by atoms with Gasteiger partial charge in [0, 0.05) is 23.0 Å². The summed E-state index contributed by atoms with van der Waals surface area (Å²) in [6.45, 7) is 1.14. The molecule has 104 valence electrons. The van der Waals surface area contributed by atoms with Crippen LogP contribution >= 0.6 is 38.9 Å². The first-order chi connectivity index (χ1) is 9.63. The lowest BCUT2D eigenvalue weighted by Gasteiger charge is -2.10. The number of thiophene rings is 1. The van der Waals surface area contributed by atoms with Gasteiger partial charge in [-0.1, -0.05) is 27.5 Å². The molecule has 1 amide bonds. The van der Waals surface area contributed by atoms with Crippen molar-refractivity contribution in [2.45, 2.75) is 13.0 Å². The van der Waals surface area contributed by atoms with Gasteiger partial charge in [-0.2, -0.15) is 0 Å². The van der Waals surface area contributed by atoms with Crippen LogP contribution in [-0.2, 0) is 13.0 Å². The Morgan fingerprint density at radius 3 is 3.05 bits per heavy atom. The molecular formula is C14H11BrClNO2S. The van der Waals surface area contributed by atoms with Crippen LogP contribution in [0.25, 0.3) is 0 Å². The summed E-state index contributed by atoms with van der Waals surface area (Å²) in [5, 5.41) is 2.90. The third kappa shape index (κ3) is 2.85. The zero-order valence-electron chi connectivity index (χ0n) is 10.4. The highest BCUT2D eigenvalue weighted by Crippen LogP contribution is 2.33. The fraction of sp³-hybridized carbons (Fsp3) is 0.214. The van der Waals surface area contributed by atoms with Crippen LogP contribution in [0.2, 0.25) is 4.34 Å². The van der Waals surface area contributed by atoms with Crippen LogP contribution in [0.3, 0.4) is 0 Å². The zero-order chi connectivity index (χ0) is 14.1. The fourth-order valence-corrected chi connectivity index (χ4v) is 3.69. The number of ether oxygens (including phenoxy) is 1. The molecule has 1 aromatic heterocycles. The van der Waals surface area contributed by atoms with Gasteiger partial charge in [-0.25, -0.2) is 0 Å². The molecule has 1 aliphatic rings. The largest absolute Gasteiger partial charge is 0.493 e. The second kappa shape index (κ2) is 5.76. The molecule has 2 aromatic rings. The minimum absolute atomic E-state index is 0.117. The highest BCUT2D eigenvalue weighted by Gasteiger charge is 2.18. The maximum Gasteiger partial charge on any atom is 0.261 e. The molecule has 1 aromatic carbocycles. The summed E-state index contributed by atoms with van der Waals surface area (Å²) in [4.78, 5) is 12.6. The quantitative estimate of drug-likeness (QED) is 0.883. The number of carbonyl (C=O) groups excluding carboxylic acids is 1. The number of amides is 1. The molecule has 2 heterocycles. The highest BCUT2D eigenvalue weighted by molar-refractivity contribution is 9.10. The zero-order valence-corrected chi connectivity index (χ0v) is 13.6. The van der Waals surface area contributed by atoms with E-state index in [-0.39, 0.29) is 5.91 Å². The van der Waals surface area contributed by atoms with Crippen molar-refractivity contribution in [3.8, 4) is 5.75 Å². The number of hydrogen-bond donors (Lipinski definition) is 1. The molecule has 1 aliphatic heterocycles. The van der Waals surface area contributed by atoms with Crippen LogP contribution in [0, 0.1) is 0 Å². The molecular weight excluding hydrogens is 362 g/mol. The predicted molar refractivity (Wildman–Crippen MR) is 83.8 cm³/mol. The van der Waals surface area contributed by atoms with Crippen molar-refractivity contribution >= 4 is 44.8 Å². The first-order valence-corrected chi connectivity index (χ1v) is 8.10. The maximum absolute atomic E-state index is 12.0. The van der Waals surface area contributed by atoms with E-state index in [1.54, 1.807) is 12.1 Å². The van der Waals surface area contributed by atoms with E-state index in [9.17, 15) is 4.79 Å². The van der Waals surface area contributed by atoms with Crippen LogP contribution in [0.5, 0.6) is 5.75 Å². The van der Waals surface area contributed by atoms with Gasteiger partial charge in [-0.05, 0) is 29.8 Å². The first-order valence-electron chi connectivity index (χ1n) is 6.11. The molecule has 1 N–H and O–H groups in total. The minimum Gasteiger partial charge on any atom is -0.493 e. The molecule has 0 saturated heterocycles. The summed E-state index contributed by atoms with van der Waals surface area (Å²) in [5.74, 6) is 0.784. The minimum atomic E-state index is -0.117. The Labute approximate surface area is 134 Å². The number of benzene rings is 1. The topological polar surface area (TPSA) is 38.3 Å². The molecule has 0 atom stereocenters. The van der Waals surface area contributed by atoms with Crippen LogP contribution in [-0.4, -0.2) is 12.5 Å². The average molecular weight is 373 g/mol. The lowest BCUT2D eigenvalue weighted by molar-refractivity contribution is 0.0954. The molecule has 0 unspecified atom stereocenters. The Morgan fingerprint density at radius 1 is 1.45 bits per heavy atom. The molecule has 0 spiro atoms. The number of hydrogen-bond acceptors (Lipinski definition) is 3. The van der Waals surface area contributed by atoms with Gasteiger partial charge in [0.1, 0.15) is 5.75 Å². The van der Waals surface area contributed by atoms with Crippen molar-refractivity contribution in [1.29, 1.82) is 0 Å². The summed E-state index contributed by atoms with van der Waals surface area (Å²) in [7, 11) is 0. The van der Waals surface area contributed by atoms with Crippen molar-refractivity contribution < 1.29 is 9.53 Å². The standard InChI is InChI=1S/C14H11BrClNO2S/c15-10-5-8-3-4-19-13(8)9(6-10)7-17-14(18)11-1-2-12(16)20-11/h1-2,5-6H,3-4,7H2,(H,17,18). The monoisotopic (exact) mass is 371 g/mol. The number of halogens is 2. The smallest absolute Gasteiger partial charge is 0.261 e. The molecule has 6 heteroatoms. The normalized spacial score (nSPS) is 12.9. The fourth-order valence-electron chi connectivity index (χ4n) is 2.18. The van der Waals surface area contributed by atoms with Crippen molar-refractivity contribution in [2.24, 2.45) is 0 Å². The maximum atomic E-state index is 12.0. The van der Waals surface area contributed by atoms with Gasteiger partial charge in [0.2, 0.25) is 0 Å². The van der Waals surface area contributed by atoms with Crippen LogP contribution in [0.15, 0.2) is 28.7 Å². The Kier molecular flexibility index (Phi) is 4.01. The van der Waals surface area contributed by atoms with Crippen LogP contribution in [0.4, 0.5) is 0 Å². The number of rotatable bonds is 3. The second-order valence-electron chi connectivity index (χ2n) is 4.44. The van der Waals surface area contributed by atoms with E-state index in [1.807, 2.05) is 6.07 Å². The summed E-state index contributed by atoms with van der Waals surface area (Å²) < 4.78 is 7.25.